The first-order chi connectivity index (χ1) is 12.1. The fourth-order valence-corrected chi connectivity index (χ4v) is 3.16. The Morgan fingerprint density at radius 2 is 1.96 bits per heavy atom. The Morgan fingerprint density at radius 1 is 1.20 bits per heavy atom. The first-order valence-corrected chi connectivity index (χ1v) is 8.46. The van der Waals surface area contributed by atoms with E-state index >= 15 is 0 Å². The largest absolute Gasteiger partial charge is 0.365 e. The van der Waals surface area contributed by atoms with E-state index in [0.717, 1.165) is 6.54 Å². The van der Waals surface area contributed by atoms with Crippen molar-refractivity contribution in [1.82, 2.24) is 4.90 Å². The summed E-state index contributed by atoms with van der Waals surface area (Å²) in [6.07, 6.45) is 0. The van der Waals surface area contributed by atoms with Gasteiger partial charge in [-0.15, -0.1) is 0 Å². The van der Waals surface area contributed by atoms with Crippen molar-refractivity contribution in [2.75, 3.05) is 29.9 Å². The number of anilines is 2. The lowest BCUT2D eigenvalue weighted by Crippen LogP contribution is -2.54. The van der Waals surface area contributed by atoms with Gasteiger partial charge in [-0.1, -0.05) is 12.1 Å². The van der Waals surface area contributed by atoms with Crippen molar-refractivity contribution in [3.63, 3.8) is 0 Å². The highest BCUT2D eigenvalue weighted by Gasteiger charge is 2.26. The summed E-state index contributed by atoms with van der Waals surface area (Å²) in [5, 5.41) is 11.7. The molecular weight excluding hydrogens is 312 g/mol. The summed E-state index contributed by atoms with van der Waals surface area (Å²) in [6.45, 7) is 6.40. The van der Waals surface area contributed by atoms with Crippen LogP contribution < -0.4 is 10.2 Å². The van der Waals surface area contributed by atoms with Crippen molar-refractivity contribution < 1.29 is 4.79 Å². The van der Waals surface area contributed by atoms with Crippen LogP contribution in [0.2, 0.25) is 0 Å². The van der Waals surface area contributed by atoms with Crippen LogP contribution in [0.25, 0.3) is 0 Å². The van der Waals surface area contributed by atoms with E-state index in [-0.39, 0.29) is 12.1 Å². The average Bonchev–Trinajstić information content (AvgIpc) is 2.62. The molecule has 1 saturated heterocycles. The lowest BCUT2D eigenvalue weighted by Gasteiger charge is -2.41. The molecule has 2 amide bonds. The van der Waals surface area contributed by atoms with Gasteiger partial charge in [0.1, 0.15) is 0 Å². The summed E-state index contributed by atoms with van der Waals surface area (Å²) in [4.78, 5) is 16.7. The van der Waals surface area contributed by atoms with Gasteiger partial charge in [-0.05, 0) is 55.8 Å². The number of hydrogen-bond donors (Lipinski definition) is 1. The lowest BCUT2D eigenvalue weighted by atomic mass is 10.1. The number of urea groups is 1. The minimum atomic E-state index is -0.0968. The minimum absolute atomic E-state index is 0.0968. The van der Waals surface area contributed by atoms with E-state index in [1.807, 2.05) is 4.90 Å². The van der Waals surface area contributed by atoms with Crippen molar-refractivity contribution in [3.05, 3.63) is 59.7 Å². The number of piperazine rings is 1. The van der Waals surface area contributed by atoms with Gasteiger partial charge in [0.25, 0.3) is 0 Å². The van der Waals surface area contributed by atoms with Gasteiger partial charge >= 0.3 is 6.03 Å². The van der Waals surface area contributed by atoms with E-state index in [2.05, 4.69) is 54.4 Å². The molecule has 0 aliphatic carbocycles. The molecule has 1 aliphatic rings. The number of rotatable bonds is 2. The molecule has 0 radical (unpaired) electrons. The van der Waals surface area contributed by atoms with Gasteiger partial charge < -0.3 is 15.1 Å². The molecule has 1 heterocycles. The molecule has 1 fully saturated rings. The molecule has 128 valence electrons. The van der Waals surface area contributed by atoms with Gasteiger partial charge in [-0.3, -0.25) is 0 Å². The molecule has 25 heavy (non-hydrogen) atoms. The summed E-state index contributed by atoms with van der Waals surface area (Å²) < 4.78 is 0. The van der Waals surface area contributed by atoms with Gasteiger partial charge in [-0.25, -0.2) is 4.79 Å². The molecule has 2 aromatic carbocycles. The van der Waals surface area contributed by atoms with E-state index in [1.165, 1.54) is 11.3 Å². The van der Waals surface area contributed by atoms with E-state index in [1.54, 1.807) is 24.3 Å². The van der Waals surface area contributed by atoms with Gasteiger partial charge in [0, 0.05) is 37.1 Å². The molecule has 1 unspecified atom stereocenters. The van der Waals surface area contributed by atoms with Crippen molar-refractivity contribution >= 4 is 17.4 Å². The average molecular weight is 334 g/mol. The molecule has 2 aromatic rings. The summed E-state index contributed by atoms with van der Waals surface area (Å²) in [6, 6.07) is 17.6. The lowest BCUT2D eigenvalue weighted by molar-refractivity contribution is 0.200. The molecule has 5 nitrogen and oxygen atoms in total. The second-order valence-corrected chi connectivity index (χ2v) is 6.45. The Balaban J connectivity index is 1.62. The van der Waals surface area contributed by atoms with Crippen LogP contribution in [-0.4, -0.2) is 36.6 Å². The number of aryl methyl sites for hydroxylation is 1. The standard InChI is InChI=1S/C20H22N4O/c1-15-4-3-5-19(12-15)24-11-10-23(14-16(24)2)20(25)22-18-8-6-17(13-21)7-9-18/h3-9,12,16H,10-11,14H2,1-2H3,(H,22,25). The Kier molecular flexibility index (Phi) is 4.90. The smallest absolute Gasteiger partial charge is 0.321 e. The summed E-state index contributed by atoms with van der Waals surface area (Å²) in [5.74, 6) is 0. The molecule has 0 saturated carbocycles. The molecule has 0 aromatic heterocycles. The molecule has 1 N–H and O–H groups in total. The third-order valence-corrected chi connectivity index (χ3v) is 4.51. The van der Waals surface area contributed by atoms with Gasteiger partial charge in [-0.2, -0.15) is 5.26 Å². The van der Waals surface area contributed by atoms with Gasteiger partial charge in [0.15, 0.2) is 0 Å². The quantitative estimate of drug-likeness (QED) is 0.913. The van der Waals surface area contributed by atoms with Crippen LogP contribution in [-0.2, 0) is 0 Å². The fourth-order valence-electron chi connectivity index (χ4n) is 3.16. The number of nitrogens with one attached hydrogen (secondary N) is 1. The van der Waals surface area contributed by atoms with Crippen molar-refractivity contribution in [2.45, 2.75) is 19.9 Å². The zero-order valence-electron chi connectivity index (χ0n) is 14.6. The summed E-state index contributed by atoms with van der Waals surface area (Å²) in [5.41, 5.74) is 3.74. The number of benzene rings is 2. The molecule has 3 rings (SSSR count). The van der Waals surface area contributed by atoms with E-state index in [9.17, 15) is 4.79 Å². The molecule has 1 atom stereocenters. The van der Waals surface area contributed by atoms with Crippen LogP contribution in [0.1, 0.15) is 18.1 Å². The van der Waals surface area contributed by atoms with Crippen molar-refractivity contribution in [3.8, 4) is 6.07 Å². The van der Waals surface area contributed by atoms with Gasteiger partial charge in [0.05, 0.1) is 11.6 Å². The van der Waals surface area contributed by atoms with Crippen LogP contribution in [0.4, 0.5) is 16.2 Å². The number of hydrogen-bond acceptors (Lipinski definition) is 3. The highest BCUT2D eigenvalue weighted by atomic mass is 16.2. The Morgan fingerprint density at radius 3 is 2.60 bits per heavy atom. The fraction of sp³-hybridized carbons (Fsp3) is 0.300. The van der Waals surface area contributed by atoms with Crippen LogP contribution >= 0.6 is 0 Å². The molecule has 0 spiro atoms. The van der Waals surface area contributed by atoms with Crippen LogP contribution in [0.15, 0.2) is 48.5 Å². The highest BCUT2D eigenvalue weighted by Crippen LogP contribution is 2.22. The Labute approximate surface area is 148 Å². The minimum Gasteiger partial charge on any atom is -0.365 e. The second-order valence-electron chi connectivity index (χ2n) is 6.45. The zero-order valence-corrected chi connectivity index (χ0v) is 14.6. The number of carbonyl (C=O) groups is 1. The third-order valence-electron chi connectivity index (χ3n) is 4.51. The van der Waals surface area contributed by atoms with E-state index < -0.39 is 0 Å². The van der Waals surface area contributed by atoms with Crippen LogP contribution in [0.5, 0.6) is 0 Å². The topological polar surface area (TPSA) is 59.4 Å². The summed E-state index contributed by atoms with van der Waals surface area (Å²) in [7, 11) is 0. The van der Waals surface area contributed by atoms with E-state index in [0.29, 0.717) is 24.3 Å². The maximum Gasteiger partial charge on any atom is 0.321 e. The summed E-state index contributed by atoms with van der Waals surface area (Å²) >= 11 is 0. The van der Waals surface area contributed by atoms with Crippen molar-refractivity contribution in [1.29, 1.82) is 5.26 Å². The Hall–Kier alpha value is -3.00. The first-order valence-electron chi connectivity index (χ1n) is 8.46. The second kappa shape index (κ2) is 7.27. The number of amides is 2. The molecule has 5 heteroatoms. The predicted octanol–water partition coefficient (Wildman–Crippen LogP) is 3.61. The number of nitriles is 1. The van der Waals surface area contributed by atoms with Crippen LogP contribution in [0, 0.1) is 18.3 Å². The zero-order chi connectivity index (χ0) is 17.8. The normalized spacial score (nSPS) is 17.1. The number of nitrogens with zero attached hydrogens (tertiary/aromatic N) is 3. The van der Waals surface area contributed by atoms with Crippen molar-refractivity contribution in [2.24, 2.45) is 0 Å². The van der Waals surface area contributed by atoms with E-state index in [4.69, 9.17) is 5.26 Å². The Bertz CT molecular complexity index is 794. The SMILES string of the molecule is Cc1cccc(N2CCN(C(=O)Nc3ccc(C#N)cc3)CC2C)c1. The van der Waals surface area contributed by atoms with Gasteiger partial charge in [0.2, 0.25) is 0 Å². The highest BCUT2D eigenvalue weighted by molar-refractivity contribution is 5.89. The molecule has 1 aliphatic heterocycles. The van der Waals surface area contributed by atoms with Crippen LogP contribution in [0.3, 0.4) is 0 Å². The molecule has 0 bridgehead atoms. The monoisotopic (exact) mass is 334 g/mol. The predicted molar refractivity (Wildman–Crippen MR) is 99.7 cm³/mol. The number of carbonyl (C=O) groups excluding carboxylic acids is 1. The maximum atomic E-state index is 12.5. The first kappa shape index (κ1) is 16.8. The molecular formula is C20H22N4O. The maximum absolute atomic E-state index is 12.5. The third kappa shape index (κ3) is 3.92.